The van der Waals surface area contributed by atoms with Gasteiger partial charge in [0.15, 0.2) is 0 Å². The maximum atomic E-state index is 11.4. The number of amides is 1. The van der Waals surface area contributed by atoms with Crippen molar-refractivity contribution in [2.75, 3.05) is 6.54 Å². The second-order valence-corrected chi connectivity index (χ2v) is 6.20. The third-order valence-electron chi connectivity index (χ3n) is 2.20. The molecule has 0 bridgehead atoms. The highest BCUT2D eigenvalue weighted by molar-refractivity contribution is 5.77. The summed E-state index contributed by atoms with van der Waals surface area (Å²) in [5, 5.41) is 2.95. The van der Waals surface area contributed by atoms with Gasteiger partial charge in [-0.3, -0.25) is 4.79 Å². The summed E-state index contributed by atoms with van der Waals surface area (Å²) in [4.78, 5) is 11.4. The number of carbonyl (C=O) groups is 1. The molecule has 3 nitrogen and oxygen atoms in total. The zero-order valence-electron chi connectivity index (χ0n) is 11.0. The lowest BCUT2D eigenvalue weighted by Crippen LogP contribution is -2.43. The Labute approximate surface area is 93.8 Å². The number of nitrogens with two attached hydrogens (primary N) is 1. The Hall–Kier alpha value is -0.570. The number of rotatable bonds is 5. The first-order valence-electron chi connectivity index (χ1n) is 5.60. The predicted octanol–water partition coefficient (Wildman–Crippen LogP) is 1.91. The maximum Gasteiger partial charge on any atom is 0.222 e. The van der Waals surface area contributed by atoms with Crippen molar-refractivity contribution in [2.24, 2.45) is 17.1 Å². The molecule has 0 heterocycles. The van der Waals surface area contributed by atoms with Crippen LogP contribution in [0.3, 0.4) is 0 Å². The molecule has 0 aromatic heterocycles. The molecule has 3 heteroatoms. The Morgan fingerprint density at radius 2 is 1.73 bits per heavy atom. The van der Waals surface area contributed by atoms with Gasteiger partial charge in [-0.1, -0.05) is 27.7 Å². The first-order valence-corrected chi connectivity index (χ1v) is 5.60. The molecule has 0 radical (unpaired) electrons. The number of nitrogens with one attached hydrogen (secondary N) is 1. The van der Waals surface area contributed by atoms with Gasteiger partial charge in [0.1, 0.15) is 0 Å². The second-order valence-electron chi connectivity index (χ2n) is 6.20. The molecule has 0 saturated carbocycles. The Kier molecular flexibility index (Phi) is 4.78. The van der Waals surface area contributed by atoms with Crippen molar-refractivity contribution in [3.63, 3.8) is 0 Å². The standard InChI is InChI=1S/C12H26N2O/c1-9(2)10(15)14-8-11(3,4)7-12(5,6)13/h9H,7-8,13H2,1-6H3,(H,14,15). The van der Waals surface area contributed by atoms with Gasteiger partial charge in [0.2, 0.25) is 5.91 Å². The molecule has 15 heavy (non-hydrogen) atoms. The van der Waals surface area contributed by atoms with Crippen LogP contribution in [0.25, 0.3) is 0 Å². The van der Waals surface area contributed by atoms with E-state index < -0.39 is 0 Å². The van der Waals surface area contributed by atoms with Gasteiger partial charge in [-0.05, 0) is 25.7 Å². The topological polar surface area (TPSA) is 55.1 Å². The van der Waals surface area contributed by atoms with Gasteiger partial charge < -0.3 is 11.1 Å². The van der Waals surface area contributed by atoms with Crippen LogP contribution >= 0.6 is 0 Å². The molecule has 0 aromatic carbocycles. The van der Waals surface area contributed by atoms with E-state index in [0.717, 1.165) is 6.42 Å². The third kappa shape index (κ3) is 7.37. The van der Waals surface area contributed by atoms with E-state index in [2.05, 4.69) is 19.2 Å². The molecule has 0 aliphatic heterocycles. The van der Waals surface area contributed by atoms with E-state index in [1.807, 2.05) is 27.7 Å². The molecule has 0 aliphatic rings. The number of carbonyl (C=O) groups excluding carboxylic acids is 1. The molecule has 0 aromatic rings. The normalized spacial score (nSPS) is 13.1. The van der Waals surface area contributed by atoms with Crippen LogP contribution in [0.2, 0.25) is 0 Å². The number of hydrogen-bond donors (Lipinski definition) is 2. The van der Waals surface area contributed by atoms with Crippen LogP contribution in [0, 0.1) is 11.3 Å². The van der Waals surface area contributed by atoms with Crippen molar-refractivity contribution in [1.82, 2.24) is 5.32 Å². The minimum atomic E-state index is -0.188. The average Bonchev–Trinajstić information content (AvgIpc) is 1.95. The van der Waals surface area contributed by atoms with E-state index in [1.54, 1.807) is 0 Å². The van der Waals surface area contributed by atoms with Gasteiger partial charge >= 0.3 is 0 Å². The molecular weight excluding hydrogens is 188 g/mol. The molecule has 1 amide bonds. The summed E-state index contributed by atoms with van der Waals surface area (Å²) >= 11 is 0. The summed E-state index contributed by atoms with van der Waals surface area (Å²) < 4.78 is 0. The van der Waals surface area contributed by atoms with Crippen molar-refractivity contribution < 1.29 is 4.79 Å². The lowest BCUT2D eigenvalue weighted by atomic mass is 9.80. The van der Waals surface area contributed by atoms with Crippen LogP contribution in [0.15, 0.2) is 0 Å². The Morgan fingerprint density at radius 1 is 1.27 bits per heavy atom. The predicted molar refractivity (Wildman–Crippen MR) is 64.5 cm³/mol. The smallest absolute Gasteiger partial charge is 0.222 e. The first-order chi connectivity index (χ1) is 6.53. The third-order valence-corrected chi connectivity index (χ3v) is 2.20. The molecule has 3 N–H and O–H groups in total. The summed E-state index contributed by atoms with van der Waals surface area (Å²) in [7, 11) is 0. The largest absolute Gasteiger partial charge is 0.355 e. The summed E-state index contributed by atoms with van der Waals surface area (Å²) in [6.07, 6.45) is 0.887. The fourth-order valence-corrected chi connectivity index (χ4v) is 1.83. The van der Waals surface area contributed by atoms with Gasteiger partial charge in [0.25, 0.3) is 0 Å². The highest BCUT2D eigenvalue weighted by Gasteiger charge is 2.26. The molecule has 0 atom stereocenters. The first kappa shape index (κ1) is 14.4. The summed E-state index contributed by atoms with van der Waals surface area (Å²) in [5.74, 6) is 0.157. The fraction of sp³-hybridized carbons (Fsp3) is 0.917. The van der Waals surface area contributed by atoms with Crippen LogP contribution in [0.5, 0.6) is 0 Å². The molecule has 0 unspecified atom stereocenters. The van der Waals surface area contributed by atoms with E-state index in [-0.39, 0.29) is 22.8 Å². The van der Waals surface area contributed by atoms with Gasteiger partial charge in [-0.25, -0.2) is 0 Å². The molecule has 0 saturated heterocycles. The maximum absolute atomic E-state index is 11.4. The van der Waals surface area contributed by atoms with Gasteiger partial charge in [0.05, 0.1) is 0 Å². The van der Waals surface area contributed by atoms with E-state index in [1.165, 1.54) is 0 Å². The van der Waals surface area contributed by atoms with Gasteiger partial charge in [-0.15, -0.1) is 0 Å². The highest BCUT2D eigenvalue weighted by Crippen LogP contribution is 2.25. The highest BCUT2D eigenvalue weighted by atomic mass is 16.1. The van der Waals surface area contributed by atoms with E-state index in [0.29, 0.717) is 6.54 Å². The van der Waals surface area contributed by atoms with Crippen LogP contribution in [0.4, 0.5) is 0 Å². The molecule has 0 rings (SSSR count). The fourth-order valence-electron chi connectivity index (χ4n) is 1.83. The van der Waals surface area contributed by atoms with E-state index >= 15 is 0 Å². The van der Waals surface area contributed by atoms with Crippen LogP contribution in [-0.4, -0.2) is 18.0 Å². The quantitative estimate of drug-likeness (QED) is 0.734. The van der Waals surface area contributed by atoms with Crippen molar-refractivity contribution in [3.8, 4) is 0 Å². The molecule has 0 spiro atoms. The molecular formula is C12H26N2O. The van der Waals surface area contributed by atoms with E-state index in [4.69, 9.17) is 5.73 Å². The van der Waals surface area contributed by atoms with Crippen molar-refractivity contribution in [2.45, 2.75) is 53.5 Å². The molecule has 0 aliphatic carbocycles. The van der Waals surface area contributed by atoms with Crippen molar-refractivity contribution in [1.29, 1.82) is 0 Å². The minimum Gasteiger partial charge on any atom is -0.355 e. The SMILES string of the molecule is CC(C)C(=O)NCC(C)(C)CC(C)(C)N. The Bertz CT molecular complexity index is 214. The second kappa shape index (κ2) is 4.97. The van der Waals surface area contributed by atoms with Crippen LogP contribution in [-0.2, 0) is 4.79 Å². The minimum absolute atomic E-state index is 0.0444. The summed E-state index contributed by atoms with van der Waals surface area (Å²) in [6.45, 7) is 12.8. The Morgan fingerprint density at radius 3 is 2.07 bits per heavy atom. The van der Waals surface area contributed by atoms with Crippen molar-refractivity contribution >= 4 is 5.91 Å². The number of hydrogen-bond acceptors (Lipinski definition) is 2. The van der Waals surface area contributed by atoms with E-state index in [9.17, 15) is 4.79 Å². The van der Waals surface area contributed by atoms with Crippen LogP contribution in [0.1, 0.15) is 48.0 Å². The van der Waals surface area contributed by atoms with Crippen LogP contribution < -0.4 is 11.1 Å². The summed E-state index contributed by atoms with van der Waals surface area (Å²) in [6, 6.07) is 0. The zero-order valence-corrected chi connectivity index (χ0v) is 11.0. The molecule has 0 fully saturated rings. The average molecular weight is 214 g/mol. The monoisotopic (exact) mass is 214 g/mol. The molecule has 90 valence electrons. The summed E-state index contributed by atoms with van der Waals surface area (Å²) in [5.41, 5.74) is 5.83. The lowest BCUT2D eigenvalue weighted by molar-refractivity contribution is -0.124. The Balaban J connectivity index is 4.10. The lowest BCUT2D eigenvalue weighted by Gasteiger charge is -2.32. The van der Waals surface area contributed by atoms with Gasteiger partial charge in [0, 0.05) is 18.0 Å². The zero-order chi connectivity index (χ0) is 12.3. The van der Waals surface area contributed by atoms with Gasteiger partial charge in [-0.2, -0.15) is 0 Å². The van der Waals surface area contributed by atoms with Crippen molar-refractivity contribution in [3.05, 3.63) is 0 Å².